The third kappa shape index (κ3) is 3.98. The monoisotopic (exact) mass is 293 g/mol. The summed E-state index contributed by atoms with van der Waals surface area (Å²) in [5, 5.41) is 0. The smallest absolute Gasteiger partial charge is 0.402 e. The second-order valence-electron chi connectivity index (χ2n) is 4.08. The highest BCUT2D eigenvalue weighted by Gasteiger charge is 2.27. The summed E-state index contributed by atoms with van der Waals surface area (Å²) < 4.78 is 15.6. The molecule has 20 heavy (non-hydrogen) atoms. The van der Waals surface area contributed by atoms with Gasteiger partial charge in [-0.25, -0.2) is 9.56 Å². The topological polar surface area (TPSA) is 116 Å². The summed E-state index contributed by atoms with van der Waals surface area (Å²) in [6.07, 6.45) is 2.04. The molecule has 1 aromatic rings. The third-order valence-electron chi connectivity index (χ3n) is 2.57. The highest BCUT2D eigenvalue weighted by atomic mass is 31.2. The molecule has 1 aliphatic carbocycles. The van der Waals surface area contributed by atoms with Crippen LogP contribution in [0, 0.1) is 0 Å². The minimum Gasteiger partial charge on any atom is -0.402 e. The van der Waals surface area contributed by atoms with E-state index in [9.17, 15) is 4.57 Å². The number of aliphatic imine (C=N–C) groups is 1. The summed E-state index contributed by atoms with van der Waals surface area (Å²) in [5.41, 5.74) is 10.1. The van der Waals surface area contributed by atoms with Crippen molar-refractivity contribution in [2.75, 3.05) is 0 Å². The SMILES string of the molecule is [N-]=[N+]=C1C=C(OP(=O)(O)O)C(=Nc2ccccc2)CC1. The molecule has 0 heterocycles. The molecular weight excluding hydrogens is 281 g/mol. The van der Waals surface area contributed by atoms with Crippen molar-refractivity contribution >= 4 is 24.9 Å². The van der Waals surface area contributed by atoms with Gasteiger partial charge in [0.1, 0.15) is 0 Å². The standard InChI is InChI=1S/C12H12N3O4P/c13-15-10-6-7-11(12(8-10)19-20(16,17)18)14-9-4-2-1-3-5-9/h1-5,8H,6-7H2,(H2,16,17,18). The average molecular weight is 293 g/mol. The average Bonchev–Trinajstić information content (AvgIpc) is 2.40. The van der Waals surface area contributed by atoms with Crippen LogP contribution in [0.1, 0.15) is 12.8 Å². The summed E-state index contributed by atoms with van der Waals surface area (Å²) in [5.74, 6) is -0.0822. The predicted molar refractivity (Wildman–Crippen MR) is 72.6 cm³/mol. The van der Waals surface area contributed by atoms with Gasteiger partial charge in [-0.15, -0.1) is 0 Å². The van der Waals surface area contributed by atoms with Gasteiger partial charge in [0.2, 0.25) is 0 Å². The molecule has 1 aliphatic rings. The molecule has 0 unspecified atom stereocenters. The largest absolute Gasteiger partial charge is 0.524 e. The molecule has 7 nitrogen and oxygen atoms in total. The van der Waals surface area contributed by atoms with E-state index < -0.39 is 7.82 Å². The summed E-state index contributed by atoms with van der Waals surface area (Å²) in [7, 11) is -4.70. The number of phosphoric acid groups is 1. The van der Waals surface area contributed by atoms with Gasteiger partial charge in [0, 0.05) is 6.42 Å². The maximum atomic E-state index is 11.0. The Bertz CT molecular complexity index is 657. The Hall–Kier alpha value is -2.04. The van der Waals surface area contributed by atoms with E-state index in [1.54, 1.807) is 24.3 Å². The van der Waals surface area contributed by atoms with Gasteiger partial charge in [0.15, 0.2) is 5.76 Å². The van der Waals surface area contributed by atoms with Gasteiger partial charge in [-0.05, 0) is 12.1 Å². The highest BCUT2D eigenvalue weighted by Crippen LogP contribution is 2.40. The van der Waals surface area contributed by atoms with E-state index in [0.717, 1.165) is 0 Å². The number of benzene rings is 1. The lowest BCUT2D eigenvalue weighted by atomic mass is 10.0. The summed E-state index contributed by atoms with van der Waals surface area (Å²) in [6, 6.07) is 8.96. The maximum Gasteiger partial charge on any atom is 0.524 e. The molecular formula is C12H12N3O4P. The van der Waals surface area contributed by atoms with Crippen molar-refractivity contribution in [1.82, 2.24) is 0 Å². The van der Waals surface area contributed by atoms with Gasteiger partial charge in [0.25, 0.3) is 5.71 Å². The van der Waals surface area contributed by atoms with Crippen LogP contribution in [0.3, 0.4) is 0 Å². The zero-order valence-corrected chi connectivity index (χ0v) is 11.3. The molecule has 0 saturated heterocycles. The van der Waals surface area contributed by atoms with Crippen molar-refractivity contribution < 1.29 is 23.7 Å². The van der Waals surface area contributed by atoms with E-state index in [1.165, 1.54) is 6.08 Å². The molecule has 2 N–H and O–H groups in total. The Balaban J connectivity index is 2.39. The van der Waals surface area contributed by atoms with Crippen LogP contribution in [0.5, 0.6) is 0 Å². The van der Waals surface area contributed by atoms with Crippen LogP contribution in [-0.4, -0.2) is 26.0 Å². The number of phosphoric ester groups is 1. The van der Waals surface area contributed by atoms with Crippen LogP contribution in [0.4, 0.5) is 5.69 Å². The van der Waals surface area contributed by atoms with Crippen LogP contribution in [0.2, 0.25) is 0 Å². The zero-order chi connectivity index (χ0) is 14.6. The van der Waals surface area contributed by atoms with Crippen LogP contribution in [0.25, 0.3) is 5.53 Å². The van der Waals surface area contributed by atoms with Gasteiger partial charge in [0.05, 0.1) is 23.9 Å². The van der Waals surface area contributed by atoms with Gasteiger partial charge in [-0.1, -0.05) is 18.2 Å². The lowest BCUT2D eigenvalue weighted by molar-refractivity contribution is -0.00647. The third-order valence-corrected chi connectivity index (χ3v) is 3.00. The number of hydrogen-bond donors (Lipinski definition) is 2. The number of nitrogens with zero attached hydrogens (tertiary/aromatic N) is 3. The first-order valence-corrected chi connectivity index (χ1v) is 7.32. The minimum absolute atomic E-state index is 0.0822. The van der Waals surface area contributed by atoms with Crippen molar-refractivity contribution in [2.24, 2.45) is 4.99 Å². The Kier molecular flexibility index (Phi) is 4.27. The van der Waals surface area contributed by atoms with Crippen LogP contribution < -0.4 is 0 Å². The predicted octanol–water partition coefficient (Wildman–Crippen LogP) is 2.22. The van der Waals surface area contributed by atoms with Crippen LogP contribution >= 0.6 is 7.82 Å². The molecule has 8 heteroatoms. The van der Waals surface area contributed by atoms with Crippen LogP contribution in [0.15, 0.2) is 47.2 Å². The Morgan fingerprint density at radius 1 is 1.25 bits per heavy atom. The van der Waals surface area contributed by atoms with Crippen molar-refractivity contribution in [3.63, 3.8) is 0 Å². The first-order chi connectivity index (χ1) is 9.48. The fourth-order valence-corrected chi connectivity index (χ4v) is 2.15. The second-order valence-corrected chi connectivity index (χ2v) is 5.24. The summed E-state index contributed by atoms with van der Waals surface area (Å²) in [4.78, 5) is 25.1. The van der Waals surface area contributed by atoms with Crippen LogP contribution in [-0.2, 0) is 9.09 Å². The first-order valence-electron chi connectivity index (χ1n) is 5.79. The molecule has 0 atom stereocenters. The van der Waals surface area contributed by atoms with Crippen molar-refractivity contribution in [1.29, 1.82) is 0 Å². The number of allylic oxidation sites excluding steroid dienone is 2. The molecule has 0 radical (unpaired) electrons. The van der Waals surface area contributed by atoms with E-state index in [2.05, 4.69) is 14.3 Å². The molecule has 0 bridgehead atoms. The highest BCUT2D eigenvalue weighted by molar-refractivity contribution is 7.46. The molecule has 0 saturated carbocycles. The normalized spacial score (nSPS) is 17.6. The van der Waals surface area contributed by atoms with E-state index in [0.29, 0.717) is 24.2 Å². The van der Waals surface area contributed by atoms with E-state index >= 15 is 0 Å². The summed E-state index contributed by atoms with van der Waals surface area (Å²) >= 11 is 0. The zero-order valence-electron chi connectivity index (χ0n) is 10.4. The van der Waals surface area contributed by atoms with Crippen molar-refractivity contribution in [2.45, 2.75) is 12.8 Å². The molecule has 0 fully saturated rings. The summed E-state index contributed by atoms with van der Waals surface area (Å²) in [6.45, 7) is 0. The Morgan fingerprint density at radius 2 is 1.95 bits per heavy atom. The van der Waals surface area contributed by atoms with Gasteiger partial charge < -0.3 is 10.1 Å². The van der Waals surface area contributed by atoms with E-state index in [1.807, 2.05) is 6.07 Å². The quantitative estimate of drug-likeness (QED) is 0.505. The molecule has 2 rings (SSSR count). The molecule has 104 valence electrons. The Labute approximate surface area is 115 Å². The van der Waals surface area contributed by atoms with Crippen molar-refractivity contribution in [3.8, 4) is 0 Å². The fraction of sp³-hybridized carbons (Fsp3) is 0.167. The first kappa shape index (κ1) is 14.4. The molecule has 0 aliphatic heterocycles. The second kappa shape index (κ2) is 5.94. The minimum atomic E-state index is -4.70. The number of rotatable bonds is 3. The molecule has 0 aromatic heterocycles. The van der Waals surface area contributed by atoms with Crippen molar-refractivity contribution in [3.05, 3.63) is 47.7 Å². The van der Waals surface area contributed by atoms with Gasteiger partial charge in [-0.3, -0.25) is 9.79 Å². The number of hydrogen-bond acceptors (Lipinski definition) is 3. The lowest BCUT2D eigenvalue weighted by Gasteiger charge is -2.15. The fourth-order valence-electron chi connectivity index (χ4n) is 1.73. The maximum absolute atomic E-state index is 11.0. The van der Waals surface area contributed by atoms with E-state index in [-0.39, 0.29) is 11.5 Å². The molecule has 1 aromatic carbocycles. The Morgan fingerprint density at radius 3 is 2.55 bits per heavy atom. The number of para-hydroxylation sites is 1. The van der Waals surface area contributed by atoms with Gasteiger partial charge >= 0.3 is 7.82 Å². The van der Waals surface area contributed by atoms with Gasteiger partial charge in [-0.2, -0.15) is 4.79 Å². The molecule has 0 spiro atoms. The van der Waals surface area contributed by atoms with E-state index in [4.69, 9.17) is 15.3 Å². The molecule has 0 amide bonds. The lowest BCUT2D eigenvalue weighted by Crippen LogP contribution is -2.16.